The molecule has 1 rings (SSSR count). The van der Waals surface area contributed by atoms with Gasteiger partial charge in [0.2, 0.25) is 0 Å². The van der Waals surface area contributed by atoms with Gasteiger partial charge in [-0.3, -0.25) is 4.90 Å². The third-order valence-corrected chi connectivity index (χ3v) is 3.96. The molecule has 0 aromatic heterocycles. The molecule has 0 radical (unpaired) electrons. The summed E-state index contributed by atoms with van der Waals surface area (Å²) < 4.78 is 12.6. The second-order valence-corrected chi connectivity index (χ2v) is 5.40. The van der Waals surface area contributed by atoms with Crippen molar-refractivity contribution < 1.29 is 4.39 Å². The lowest BCUT2D eigenvalue weighted by Crippen LogP contribution is -2.60. The maximum Gasteiger partial charge on any atom is 0.102 e. The highest BCUT2D eigenvalue weighted by Crippen LogP contribution is 2.19. The monoisotopic (exact) mass is 230 g/mol. The molecule has 3 unspecified atom stereocenters. The highest BCUT2D eigenvalue weighted by atomic mass is 19.1. The van der Waals surface area contributed by atoms with Crippen molar-refractivity contribution in [1.29, 1.82) is 0 Å². The van der Waals surface area contributed by atoms with Crippen molar-refractivity contribution in [3.05, 3.63) is 0 Å². The normalized spacial score (nSPS) is 29.6. The van der Waals surface area contributed by atoms with Crippen LogP contribution in [0.25, 0.3) is 0 Å². The Balaban J connectivity index is 2.57. The number of alkyl halides is 1. The van der Waals surface area contributed by atoms with E-state index in [1.54, 1.807) is 0 Å². The minimum Gasteiger partial charge on any atom is -0.311 e. The first-order valence-electron chi connectivity index (χ1n) is 6.63. The van der Waals surface area contributed by atoms with Crippen molar-refractivity contribution in [2.45, 2.75) is 46.2 Å². The van der Waals surface area contributed by atoms with Crippen molar-refractivity contribution in [1.82, 2.24) is 10.2 Å². The SMILES string of the molecule is CCC(C)C1CN(CCF)C(C(C)C)CN1. The molecule has 1 heterocycles. The maximum atomic E-state index is 12.6. The zero-order valence-electron chi connectivity index (χ0n) is 11.2. The first kappa shape index (κ1) is 13.9. The average molecular weight is 230 g/mol. The standard InChI is InChI=1S/C13H27FN2/c1-5-11(4)12-9-16(7-6-14)13(8-15-12)10(2)3/h10-13,15H,5-9H2,1-4H3. The Labute approximate surface area is 99.6 Å². The number of halogens is 1. The van der Waals surface area contributed by atoms with Crippen LogP contribution in [0.4, 0.5) is 4.39 Å². The molecule has 0 aliphatic carbocycles. The van der Waals surface area contributed by atoms with E-state index in [1.165, 1.54) is 6.42 Å². The zero-order chi connectivity index (χ0) is 12.1. The first-order valence-corrected chi connectivity index (χ1v) is 6.63. The Kier molecular flexibility index (Phi) is 5.70. The van der Waals surface area contributed by atoms with Crippen LogP contribution in [0, 0.1) is 11.8 Å². The fourth-order valence-electron chi connectivity index (χ4n) is 2.54. The zero-order valence-corrected chi connectivity index (χ0v) is 11.2. The van der Waals surface area contributed by atoms with Crippen molar-refractivity contribution in [3.8, 4) is 0 Å². The van der Waals surface area contributed by atoms with Crippen LogP contribution in [0.5, 0.6) is 0 Å². The summed E-state index contributed by atoms with van der Waals surface area (Å²) in [5.74, 6) is 1.27. The van der Waals surface area contributed by atoms with Crippen molar-refractivity contribution in [2.24, 2.45) is 11.8 Å². The summed E-state index contributed by atoms with van der Waals surface area (Å²) >= 11 is 0. The molecule has 2 nitrogen and oxygen atoms in total. The number of rotatable bonds is 5. The predicted octanol–water partition coefficient (Wildman–Crippen LogP) is 2.30. The van der Waals surface area contributed by atoms with Crippen LogP contribution in [0.2, 0.25) is 0 Å². The van der Waals surface area contributed by atoms with Crippen LogP contribution in [0.1, 0.15) is 34.1 Å². The molecule has 0 amide bonds. The topological polar surface area (TPSA) is 15.3 Å². The summed E-state index contributed by atoms with van der Waals surface area (Å²) in [5, 5.41) is 3.63. The largest absolute Gasteiger partial charge is 0.311 e. The highest BCUT2D eigenvalue weighted by molar-refractivity contribution is 4.89. The quantitative estimate of drug-likeness (QED) is 0.779. The van der Waals surface area contributed by atoms with E-state index in [4.69, 9.17) is 0 Å². The van der Waals surface area contributed by atoms with Gasteiger partial charge in [0.1, 0.15) is 6.67 Å². The van der Waals surface area contributed by atoms with E-state index in [-0.39, 0.29) is 6.67 Å². The van der Waals surface area contributed by atoms with Gasteiger partial charge < -0.3 is 5.32 Å². The molecule has 0 aromatic carbocycles. The Morgan fingerprint density at radius 1 is 1.38 bits per heavy atom. The van der Waals surface area contributed by atoms with Gasteiger partial charge >= 0.3 is 0 Å². The van der Waals surface area contributed by atoms with Gasteiger partial charge in [0.05, 0.1) is 0 Å². The Morgan fingerprint density at radius 2 is 2.06 bits per heavy atom. The molecule has 16 heavy (non-hydrogen) atoms. The van der Waals surface area contributed by atoms with Crippen LogP contribution >= 0.6 is 0 Å². The lowest BCUT2D eigenvalue weighted by molar-refractivity contribution is 0.0763. The molecule has 3 atom stereocenters. The predicted molar refractivity (Wildman–Crippen MR) is 67.4 cm³/mol. The number of nitrogens with zero attached hydrogens (tertiary/aromatic N) is 1. The van der Waals surface area contributed by atoms with Gasteiger partial charge in [-0.1, -0.05) is 34.1 Å². The van der Waals surface area contributed by atoms with E-state index in [2.05, 4.69) is 37.9 Å². The van der Waals surface area contributed by atoms with Gasteiger partial charge in [-0.2, -0.15) is 0 Å². The smallest absolute Gasteiger partial charge is 0.102 e. The Bertz CT molecular complexity index is 196. The van der Waals surface area contributed by atoms with Gasteiger partial charge in [0.15, 0.2) is 0 Å². The van der Waals surface area contributed by atoms with E-state index in [1.807, 2.05) is 0 Å². The van der Waals surface area contributed by atoms with E-state index >= 15 is 0 Å². The number of nitrogens with one attached hydrogen (secondary N) is 1. The summed E-state index contributed by atoms with van der Waals surface area (Å²) in [6, 6.07) is 1.03. The molecule has 1 saturated heterocycles. The third kappa shape index (κ3) is 3.42. The second kappa shape index (κ2) is 6.55. The molecule has 0 aromatic rings. The van der Waals surface area contributed by atoms with Gasteiger partial charge in [-0.15, -0.1) is 0 Å². The van der Waals surface area contributed by atoms with Gasteiger partial charge in [-0.25, -0.2) is 4.39 Å². The van der Waals surface area contributed by atoms with Crippen LogP contribution in [0.3, 0.4) is 0 Å². The molecule has 0 spiro atoms. The molecule has 96 valence electrons. The number of piperazine rings is 1. The second-order valence-electron chi connectivity index (χ2n) is 5.40. The Morgan fingerprint density at radius 3 is 2.56 bits per heavy atom. The fourth-order valence-corrected chi connectivity index (χ4v) is 2.54. The summed E-state index contributed by atoms with van der Waals surface area (Å²) in [6.45, 7) is 11.3. The summed E-state index contributed by atoms with van der Waals surface area (Å²) in [7, 11) is 0. The fraction of sp³-hybridized carbons (Fsp3) is 1.00. The van der Waals surface area contributed by atoms with Crippen molar-refractivity contribution >= 4 is 0 Å². The molecule has 0 bridgehead atoms. The van der Waals surface area contributed by atoms with Crippen molar-refractivity contribution in [3.63, 3.8) is 0 Å². The minimum atomic E-state index is -0.226. The Hall–Kier alpha value is -0.150. The van der Waals surface area contributed by atoms with E-state index < -0.39 is 0 Å². The molecule has 3 heteroatoms. The molecular weight excluding hydrogens is 203 g/mol. The number of hydrogen-bond donors (Lipinski definition) is 1. The van der Waals surface area contributed by atoms with Gasteiger partial charge in [0.25, 0.3) is 0 Å². The lowest BCUT2D eigenvalue weighted by atomic mass is 9.92. The maximum absolute atomic E-state index is 12.6. The molecule has 1 N–H and O–H groups in total. The minimum absolute atomic E-state index is 0.226. The van der Waals surface area contributed by atoms with Crippen LogP contribution < -0.4 is 5.32 Å². The van der Waals surface area contributed by atoms with Crippen LogP contribution in [-0.4, -0.2) is 43.3 Å². The van der Waals surface area contributed by atoms with E-state index in [9.17, 15) is 4.39 Å². The molecule has 1 aliphatic rings. The van der Waals surface area contributed by atoms with E-state index in [0.717, 1.165) is 13.1 Å². The average Bonchev–Trinajstić information content (AvgIpc) is 2.28. The highest BCUT2D eigenvalue weighted by Gasteiger charge is 2.31. The molecule has 0 saturated carbocycles. The molecule has 1 aliphatic heterocycles. The lowest BCUT2D eigenvalue weighted by Gasteiger charge is -2.43. The summed E-state index contributed by atoms with van der Waals surface area (Å²) in [6.07, 6.45) is 1.19. The van der Waals surface area contributed by atoms with Crippen molar-refractivity contribution in [2.75, 3.05) is 26.3 Å². The molecular formula is C13H27FN2. The van der Waals surface area contributed by atoms with Crippen LogP contribution in [0.15, 0.2) is 0 Å². The third-order valence-electron chi connectivity index (χ3n) is 3.96. The summed E-state index contributed by atoms with van der Waals surface area (Å²) in [4.78, 5) is 2.33. The molecule has 1 fully saturated rings. The van der Waals surface area contributed by atoms with E-state index in [0.29, 0.717) is 30.5 Å². The van der Waals surface area contributed by atoms with Crippen LogP contribution in [-0.2, 0) is 0 Å². The first-order chi connectivity index (χ1) is 7.60. The summed E-state index contributed by atoms with van der Waals surface area (Å²) in [5.41, 5.74) is 0. The van der Waals surface area contributed by atoms with Gasteiger partial charge in [0, 0.05) is 31.7 Å². The number of hydrogen-bond acceptors (Lipinski definition) is 2. The van der Waals surface area contributed by atoms with Gasteiger partial charge in [-0.05, 0) is 11.8 Å².